The van der Waals surface area contributed by atoms with Gasteiger partial charge in [-0.2, -0.15) is 0 Å². The molecule has 0 heterocycles. The van der Waals surface area contributed by atoms with Gasteiger partial charge in [-0.3, -0.25) is 14.9 Å². The molecule has 1 aromatic carbocycles. The van der Waals surface area contributed by atoms with Crippen molar-refractivity contribution < 1.29 is 24.0 Å². The van der Waals surface area contributed by atoms with E-state index in [1.54, 1.807) is 0 Å². The lowest BCUT2D eigenvalue weighted by Crippen LogP contribution is -2.33. The average Bonchev–Trinajstić information content (AvgIpc) is 2.37. The van der Waals surface area contributed by atoms with E-state index in [0.717, 1.165) is 6.07 Å². The molecule has 2 N–H and O–H groups in total. The molecule has 108 valence electrons. The topological polar surface area (TPSA) is 113 Å². The fraction of sp³-hybridized carbons (Fsp3) is 0.273. The molecule has 0 aliphatic heterocycles. The molecule has 0 atom stereocenters. The van der Waals surface area contributed by atoms with Crippen molar-refractivity contribution in [3.8, 4) is 0 Å². The van der Waals surface area contributed by atoms with Crippen LogP contribution in [0.25, 0.3) is 0 Å². The minimum Gasteiger partial charge on any atom is -0.478 e. The highest BCUT2D eigenvalue weighted by molar-refractivity contribution is 5.91. The number of likely N-dealkylation sites (N-methyl/N-ethyl adjacent to an activating group) is 2. The van der Waals surface area contributed by atoms with Crippen LogP contribution in [0.4, 0.5) is 15.8 Å². The summed E-state index contributed by atoms with van der Waals surface area (Å²) < 4.78 is 13.5. The maximum Gasteiger partial charge on any atom is 0.338 e. The second-order valence-corrected chi connectivity index (χ2v) is 3.91. The monoisotopic (exact) mass is 285 g/mol. The molecular formula is C11H12FN3O5. The van der Waals surface area contributed by atoms with Crippen molar-refractivity contribution in [2.75, 3.05) is 25.5 Å². The molecule has 1 rings (SSSR count). The van der Waals surface area contributed by atoms with E-state index in [4.69, 9.17) is 5.11 Å². The Morgan fingerprint density at radius 3 is 2.55 bits per heavy atom. The second kappa shape index (κ2) is 5.95. The molecule has 20 heavy (non-hydrogen) atoms. The number of nitro groups is 1. The van der Waals surface area contributed by atoms with Crippen molar-refractivity contribution in [1.82, 2.24) is 5.32 Å². The first-order chi connectivity index (χ1) is 9.27. The van der Waals surface area contributed by atoms with Crippen molar-refractivity contribution >= 4 is 23.3 Å². The Hall–Kier alpha value is -2.71. The van der Waals surface area contributed by atoms with Crippen LogP contribution >= 0.6 is 0 Å². The van der Waals surface area contributed by atoms with E-state index in [0.29, 0.717) is 6.07 Å². The number of rotatable bonds is 5. The van der Waals surface area contributed by atoms with E-state index in [1.165, 1.54) is 19.0 Å². The molecule has 1 aromatic rings. The zero-order valence-electron chi connectivity index (χ0n) is 10.7. The number of benzene rings is 1. The molecule has 1 amide bonds. The summed E-state index contributed by atoms with van der Waals surface area (Å²) in [7, 11) is 2.75. The Morgan fingerprint density at radius 2 is 2.10 bits per heavy atom. The number of carboxylic acids is 1. The normalized spacial score (nSPS) is 9.95. The second-order valence-electron chi connectivity index (χ2n) is 3.91. The summed E-state index contributed by atoms with van der Waals surface area (Å²) in [5.74, 6) is -3.18. The minimum atomic E-state index is -1.55. The summed E-state index contributed by atoms with van der Waals surface area (Å²) in [6.45, 7) is -0.234. The van der Waals surface area contributed by atoms with E-state index < -0.39 is 33.9 Å². The largest absolute Gasteiger partial charge is 0.478 e. The molecule has 0 saturated heterocycles. The number of carboxylic acid groups (broad SMARTS) is 1. The molecule has 0 fully saturated rings. The van der Waals surface area contributed by atoms with E-state index in [-0.39, 0.29) is 12.2 Å². The van der Waals surface area contributed by atoms with Gasteiger partial charge in [0.2, 0.25) is 5.91 Å². The van der Waals surface area contributed by atoms with Crippen molar-refractivity contribution in [1.29, 1.82) is 0 Å². The molecule has 0 aliphatic rings. The van der Waals surface area contributed by atoms with Crippen LogP contribution in [0.1, 0.15) is 10.4 Å². The summed E-state index contributed by atoms with van der Waals surface area (Å²) >= 11 is 0. The van der Waals surface area contributed by atoms with Gasteiger partial charge in [-0.1, -0.05) is 0 Å². The van der Waals surface area contributed by atoms with Crippen LogP contribution < -0.4 is 10.2 Å². The maximum atomic E-state index is 13.5. The average molecular weight is 285 g/mol. The standard InChI is InChI=1S/C11H12FN3O5/c1-13-10(16)5-14(2)8-3-6(11(17)18)7(12)4-9(8)15(19)20/h3-4H,5H2,1-2H3,(H,13,16)(H,17,18). The predicted molar refractivity (Wildman–Crippen MR) is 67.4 cm³/mol. The molecule has 0 bridgehead atoms. The Kier molecular flexibility index (Phi) is 4.57. The highest BCUT2D eigenvalue weighted by Gasteiger charge is 2.24. The number of anilines is 1. The Balaban J connectivity index is 3.34. The van der Waals surface area contributed by atoms with Crippen LogP contribution in [-0.4, -0.2) is 42.5 Å². The van der Waals surface area contributed by atoms with Crippen LogP contribution in [0, 0.1) is 15.9 Å². The number of nitro benzene ring substituents is 1. The van der Waals surface area contributed by atoms with Gasteiger partial charge < -0.3 is 15.3 Å². The predicted octanol–water partition coefficient (Wildman–Crippen LogP) is 0.614. The summed E-state index contributed by atoms with van der Waals surface area (Å²) in [4.78, 5) is 33.3. The number of aromatic carboxylic acids is 1. The van der Waals surface area contributed by atoms with Gasteiger partial charge in [0.25, 0.3) is 5.69 Å². The molecule has 0 spiro atoms. The molecule has 0 saturated carbocycles. The zero-order valence-corrected chi connectivity index (χ0v) is 10.7. The van der Waals surface area contributed by atoms with E-state index in [2.05, 4.69) is 5.32 Å². The van der Waals surface area contributed by atoms with Crippen molar-refractivity contribution in [2.24, 2.45) is 0 Å². The highest BCUT2D eigenvalue weighted by Crippen LogP contribution is 2.30. The van der Waals surface area contributed by atoms with Gasteiger partial charge >= 0.3 is 5.97 Å². The van der Waals surface area contributed by atoms with Crippen LogP contribution in [-0.2, 0) is 4.79 Å². The van der Waals surface area contributed by atoms with Gasteiger partial charge in [-0.05, 0) is 6.07 Å². The molecular weight excluding hydrogens is 273 g/mol. The van der Waals surface area contributed by atoms with Gasteiger partial charge in [-0.25, -0.2) is 9.18 Å². The van der Waals surface area contributed by atoms with E-state index >= 15 is 0 Å². The Bertz CT molecular complexity index is 575. The van der Waals surface area contributed by atoms with Gasteiger partial charge in [0.05, 0.1) is 23.1 Å². The lowest BCUT2D eigenvalue weighted by molar-refractivity contribution is -0.384. The summed E-state index contributed by atoms with van der Waals surface area (Å²) in [6, 6.07) is 1.36. The fourth-order valence-corrected chi connectivity index (χ4v) is 1.55. The summed E-state index contributed by atoms with van der Waals surface area (Å²) in [5, 5.41) is 22.0. The van der Waals surface area contributed by atoms with Crippen molar-refractivity contribution in [3.05, 3.63) is 33.6 Å². The molecule has 0 aromatic heterocycles. The van der Waals surface area contributed by atoms with Gasteiger partial charge in [0, 0.05) is 14.1 Å². The van der Waals surface area contributed by atoms with Crippen molar-refractivity contribution in [3.63, 3.8) is 0 Å². The highest BCUT2D eigenvalue weighted by atomic mass is 19.1. The third-order valence-corrected chi connectivity index (χ3v) is 2.56. The molecule has 0 radical (unpaired) electrons. The SMILES string of the molecule is CNC(=O)CN(C)c1cc(C(=O)O)c(F)cc1[N+](=O)[O-]. The fourth-order valence-electron chi connectivity index (χ4n) is 1.55. The smallest absolute Gasteiger partial charge is 0.338 e. The number of halogens is 1. The van der Waals surface area contributed by atoms with Gasteiger partial charge in [0.15, 0.2) is 0 Å². The van der Waals surface area contributed by atoms with Crippen molar-refractivity contribution in [2.45, 2.75) is 0 Å². The number of hydrogen-bond acceptors (Lipinski definition) is 5. The Morgan fingerprint density at radius 1 is 1.50 bits per heavy atom. The van der Waals surface area contributed by atoms with E-state index in [9.17, 15) is 24.1 Å². The molecule has 0 unspecified atom stereocenters. The quantitative estimate of drug-likeness (QED) is 0.605. The molecule has 9 heteroatoms. The van der Waals surface area contributed by atoms with Crippen LogP contribution in [0.5, 0.6) is 0 Å². The number of carbonyl (C=O) groups excluding carboxylic acids is 1. The Labute approximate surface area is 113 Å². The summed E-state index contributed by atoms with van der Waals surface area (Å²) in [6.07, 6.45) is 0. The number of nitrogens with one attached hydrogen (secondary N) is 1. The van der Waals surface area contributed by atoms with Gasteiger partial charge in [0.1, 0.15) is 11.5 Å². The van der Waals surface area contributed by atoms with Gasteiger partial charge in [-0.15, -0.1) is 0 Å². The maximum absolute atomic E-state index is 13.5. The molecule has 8 nitrogen and oxygen atoms in total. The summed E-state index contributed by atoms with van der Waals surface area (Å²) in [5.41, 5.74) is -1.47. The van der Waals surface area contributed by atoms with Crippen LogP contribution in [0.2, 0.25) is 0 Å². The number of carbonyl (C=O) groups is 2. The molecule has 0 aliphatic carbocycles. The third kappa shape index (κ3) is 3.19. The number of nitrogens with zero attached hydrogens (tertiary/aromatic N) is 2. The van der Waals surface area contributed by atoms with Crippen LogP contribution in [0.3, 0.4) is 0 Å². The first-order valence-corrected chi connectivity index (χ1v) is 5.40. The lowest BCUT2D eigenvalue weighted by Gasteiger charge is -2.18. The zero-order chi connectivity index (χ0) is 15.4. The number of hydrogen-bond donors (Lipinski definition) is 2. The first-order valence-electron chi connectivity index (χ1n) is 5.40. The third-order valence-electron chi connectivity index (χ3n) is 2.56. The van der Waals surface area contributed by atoms with Crippen LogP contribution in [0.15, 0.2) is 12.1 Å². The first kappa shape index (κ1) is 15.3. The number of amides is 1. The minimum absolute atomic E-state index is 0.155. The van der Waals surface area contributed by atoms with E-state index in [1.807, 2.05) is 0 Å². The lowest BCUT2D eigenvalue weighted by atomic mass is 10.1.